The Morgan fingerprint density at radius 1 is 1.31 bits per heavy atom. The Balaban J connectivity index is 3.00. The Labute approximate surface area is 80.6 Å². The fourth-order valence-electron chi connectivity index (χ4n) is 0.749. The van der Waals surface area contributed by atoms with E-state index in [-0.39, 0.29) is 10.2 Å². The lowest BCUT2D eigenvalue weighted by Crippen LogP contribution is -2.18. The summed E-state index contributed by atoms with van der Waals surface area (Å²) >= 11 is 2.89. The lowest BCUT2D eigenvalue weighted by molar-refractivity contribution is -0.274. The largest absolute Gasteiger partial charge is 0.573 e. The minimum atomic E-state index is -4.72. The SMILES string of the molecule is Nc1cccc(Br)c1OC(F)(F)F. The van der Waals surface area contributed by atoms with E-state index in [0.29, 0.717) is 0 Å². The number of nitrogen functional groups attached to an aromatic ring is 1. The third-order valence-corrected chi connectivity index (χ3v) is 1.84. The quantitative estimate of drug-likeness (QED) is 0.784. The molecule has 1 rings (SSSR count). The number of ether oxygens (including phenoxy) is 1. The lowest BCUT2D eigenvalue weighted by Gasteiger charge is -2.11. The maximum Gasteiger partial charge on any atom is 0.573 e. The highest BCUT2D eigenvalue weighted by molar-refractivity contribution is 9.10. The number of nitrogens with two attached hydrogens (primary N) is 1. The van der Waals surface area contributed by atoms with Gasteiger partial charge >= 0.3 is 6.36 Å². The molecule has 0 heterocycles. The molecule has 0 aliphatic carbocycles. The number of para-hydroxylation sites is 1. The third kappa shape index (κ3) is 2.80. The van der Waals surface area contributed by atoms with Gasteiger partial charge in [0.2, 0.25) is 0 Å². The molecule has 0 radical (unpaired) electrons. The maximum atomic E-state index is 11.8. The Hall–Kier alpha value is -0.910. The molecule has 0 unspecified atom stereocenters. The number of hydrogen-bond acceptors (Lipinski definition) is 2. The van der Waals surface area contributed by atoms with Gasteiger partial charge < -0.3 is 10.5 Å². The van der Waals surface area contributed by atoms with Crippen molar-refractivity contribution < 1.29 is 17.9 Å². The van der Waals surface area contributed by atoms with Crippen LogP contribution in [0.3, 0.4) is 0 Å². The third-order valence-electron chi connectivity index (χ3n) is 1.22. The zero-order chi connectivity index (χ0) is 10.1. The van der Waals surface area contributed by atoms with Crippen LogP contribution >= 0.6 is 15.9 Å². The number of benzene rings is 1. The van der Waals surface area contributed by atoms with Crippen LogP contribution in [0.4, 0.5) is 18.9 Å². The van der Waals surface area contributed by atoms with Crippen LogP contribution in [-0.4, -0.2) is 6.36 Å². The summed E-state index contributed by atoms with van der Waals surface area (Å²) in [4.78, 5) is 0. The summed E-state index contributed by atoms with van der Waals surface area (Å²) in [5.41, 5.74) is 5.21. The van der Waals surface area contributed by atoms with Crippen LogP contribution in [0.5, 0.6) is 5.75 Å². The highest BCUT2D eigenvalue weighted by Gasteiger charge is 2.32. The molecule has 13 heavy (non-hydrogen) atoms. The van der Waals surface area contributed by atoms with E-state index in [2.05, 4.69) is 20.7 Å². The average molecular weight is 256 g/mol. The topological polar surface area (TPSA) is 35.2 Å². The van der Waals surface area contributed by atoms with Gasteiger partial charge in [0, 0.05) is 0 Å². The van der Waals surface area contributed by atoms with Crippen molar-refractivity contribution in [3.8, 4) is 5.75 Å². The van der Waals surface area contributed by atoms with Crippen molar-refractivity contribution in [2.75, 3.05) is 5.73 Å². The van der Waals surface area contributed by atoms with Gasteiger partial charge in [-0.2, -0.15) is 0 Å². The predicted molar refractivity (Wildman–Crippen MR) is 45.2 cm³/mol. The van der Waals surface area contributed by atoms with Crippen LogP contribution in [0.1, 0.15) is 0 Å². The molecular formula is C7H5BrF3NO. The van der Waals surface area contributed by atoms with E-state index in [9.17, 15) is 13.2 Å². The highest BCUT2D eigenvalue weighted by atomic mass is 79.9. The first-order valence-corrected chi connectivity index (χ1v) is 3.99. The summed E-state index contributed by atoms with van der Waals surface area (Å²) in [7, 11) is 0. The van der Waals surface area contributed by atoms with Gasteiger partial charge in [0.15, 0.2) is 5.75 Å². The van der Waals surface area contributed by atoms with E-state index in [4.69, 9.17) is 5.73 Å². The molecular weight excluding hydrogens is 251 g/mol. The molecule has 0 spiro atoms. The first-order valence-electron chi connectivity index (χ1n) is 3.20. The standard InChI is InChI=1S/C7H5BrF3NO/c8-4-2-1-3-5(12)6(4)13-7(9,10)11/h1-3H,12H2. The lowest BCUT2D eigenvalue weighted by atomic mass is 10.3. The molecule has 2 nitrogen and oxygen atoms in total. The molecule has 0 saturated carbocycles. The van der Waals surface area contributed by atoms with Crippen molar-refractivity contribution in [2.45, 2.75) is 6.36 Å². The smallest absolute Gasteiger partial charge is 0.402 e. The summed E-state index contributed by atoms with van der Waals surface area (Å²) < 4.78 is 39.3. The molecule has 2 N–H and O–H groups in total. The van der Waals surface area contributed by atoms with Gasteiger partial charge in [-0.15, -0.1) is 13.2 Å². The zero-order valence-electron chi connectivity index (χ0n) is 6.23. The Morgan fingerprint density at radius 3 is 2.38 bits per heavy atom. The summed E-state index contributed by atoms with van der Waals surface area (Å²) in [6, 6.07) is 4.26. The minimum absolute atomic E-state index is 0.0632. The van der Waals surface area contributed by atoms with Crippen LogP contribution < -0.4 is 10.5 Å². The Morgan fingerprint density at radius 2 is 1.92 bits per heavy atom. The molecule has 1 aromatic rings. The van der Waals surface area contributed by atoms with Crippen molar-refractivity contribution in [1.29, 1.82) is 0 Å². The van der Waals surface area contributed by atoms with Gasteiger partial charge in [0.25, 0.3) is 0 Å². The first-order chi connectivity index (χ1) is 5.90. The van der Waals surface area contributed by atoms with E-state index >= 15 is 0 Å². The summed E-state index contributed by atoms with van der Waals surface area (Å²) in [6.07, 6.45) is -4.72. The fraction of sp³-hybridized carbons (Fsp3) is 0.143. The summed E-state index contributed by atoms with van der Waals surface area (Å²) in [5, 5.41) is 0. The highest BCUT2D eigenvalue weighted by Crippen LogP contribution is 2.34. The Kier molecular flexibility index (Phi) is 2.70. The minimum Gasteiger partial charge on any atom is -0.402 e. The maximum absolute atomic E-state index is 11.8. The molecule has 0 amide bonds. The van der Waals surface area contributed by atoms with Gasteiger partial charge in [-0.25, -0.2) is 0 Å². The van der Waals surface area contributed by atoms with Gasteiger partial charge in [-0.05, 0) is 28.1 Å². The first kappa shape index (κ1) is 10.2. The van der Waals surface area contributed by atoms with Gasteiger partial charge in [0.1, 0.15) is 0 Å². The number of hydrogen-bond donors (Lipinski definition) is 1. The molecule has 6 heteroatoms. The van der Waals surface area contributed by atoms with E-state index in [1.54, 1.807) is 0 Å². The van der Waals surface area contributed by atoms with Gasteiger partial charge in [-0.3, -0.25) is 0 Å². The molecule has 0 fully saturated rings. The van der Waals surface area contributed by atoms with E-state index < -0.39 is 12.1 Å². The van der Waals surface area contributed by atoms with Crippen molar-refractivity contribution in [3.05, 3.63) is 22.7 Å². The zero-order valence-corrected chi connectivity index (χ0v) is 7.82. The number of rotatable bonds is 1. The Bertz CT molecular complexity index is 293. The van der Waals surface area contributed by atoms with E-state index in [1.807, 2.05) is 0 Å². The molecule has 0 aromatic heterocycles. The monoisotopic (exact) mass is 255 g/mol. The van der Waals surface area contributed by atoms with Crippen LogP contribution in [0.2, 0.25) is 0 Å². The second-order valence-corrected chi connectivity index (χ2v) is 3.06. The molecule has 0 bridgehead atoms. The number of alkyl halides is 3. The van der Waals surface area contributed by atoms with Crippen LogP contribution in [0.15, 0.2) is 22.7 Å². The molecule has 0 aliphatic rings. The van der Waals surface area contributed by atoms with Gasteiger partial charge in [-0.1, -0.05) is 6.07 Å². The van der Waals surface area contributed by atoms with Gasteiger partial charge in [0.05, 0.1) is 10.2 Å². The van der Waals surface area contributed by atoms with Crippen molar-refractivity contribution in [1.82, 2.24) is 0 Å². The fourth-order valence-corrected chi connectivity index (χ4v) is 1.21. The molecule has 1 aromatic carbocycles. The van der Waals surface area contributed by atoms with Crippen LogP contribution in [0.25, 0.3) is 0 Å². The average Bonchev–Trinajstić information content (AvgIpc) is 1.95. The van der Waals surface area contributed by atoms with E-state index in [1.165, 1.54) is 18.2 Å². The summed E-state index contributed by atoms with van der Waals surface area (Å²) in [6.45, 7) is 0. The number of halogens is 4. The molecule has 0 saturated heterocycles. The predicted octanol–water partition coefficient (Wildman–Crippen LogP) is 2.93. The molecule has 0 aliphatic heterocycles. The molecule has 0 atom stereocenters. The van der Waals surface area contributed by atoms with Crippen molar-refractivity contribution >= 4 is 21.6 Å². The second-order valence-electron chi connectivity index (χ2n) is 2.21. The number of anilines is 1. The normalized spacial score (nSPS) is 11.4. The van der Waals surface area contributed by atoms with Crippen molar-refractivity contribution in [3.63, 3.8) is 0 Å². The second kappa shape index (κ2) is 3.45. The van der Waals surface area contributed by atoms with Crippen LogP contribution in [0, 0.1) is 0 Å². The molecule has 72 valence electrons. The van der Waals surface area contributed by atoms with E-state index in [0.717, 1.165) is 0 Å². The summed E-state index contributed by atoms with van der Waals surface area (Å²) in [5.74, 6) is -0.407. The van der Waals surface area contributed by atoms with Crippen molar-refractivity contribution in [2.24, 2.45) is 0 Å². The van der Waals surface area contributed by atoms with Crippen LogP contribution in [-0.2, 0) is 0 Å².